The van der Waals surface area contributed by atoms with E-state index in [1.165, 1.54) is 0 Å². The second-order valence-corrected chi connectivity index (χ2v) is 4.90. The van der Waals surface area contributed by atoms with Crippen molar-refractivity contribution < 1.29 is 4.74 Å². The lowest BCUT2D eigenvalue weighted by Gasteiger charge is -2.12. The summed E-state index contributed by atoms with van der Waals surface area (Å²) in [5.74, 6) is 0.759. The summed E-state index contributed by atoms with van der Waals surface area (Å²) in [5, 5.41) is 0.657. The van der Waals surface area contributed by atoms with Gasteiger partial charge in [-0.05, 0) is 40.9 Å². The molecule has 1 aliphatic carbocycles. The molecule has 0 spiro atoms. The second-order valence-electron chi connectivity index (χ2n) is 3.70. The summed E-state index contributed by atoms with van der Waals surface area (Å²) in [5.41, 5.74) is 5.81. The first-order valence-electron chi connectivity index (χ1n) is 4.46. The first-order chi connectivity index (χ1) is 6.61. The average Bonchev–Trinajstić information content (AvgIpc) is 2.88. The molecule has 0 heterocycles. The third kappa shape index (κ3) is 2.22. The van der Waals surface area contributed by atoms with E-state index in [0.29, 0.717) is 11.6 Å². The van der Waals surface area contributed by atoms with Gasteiger partial charge >= 0.3 is 0 Å². The second kappa shape index (κ2) is 3.72. The summed E-state index contributed by atoms with van der Waals surface area (Å²) in [7, 11) is 0. The molecule has 1 aliphatic rings. The van der Waals surface area contributed by atoms with Gasteiger partial charge in [0, 0.05) is 0 Å². The minimum atomic E-state index is -0.0955. The molecular formula is C10H11BrClNO. The molecule has 4 heteroatoms. The van der Waals surface area contributed by atoms with Crippen LogP contribution in [0, 0.1) is 0 Å². The summed E-state index contributed by atoms with van der Waals surface area (Å²) >= 11 is 9.29. The number of rotatable bonds is 3. The predicted molar refractivity (Wildman–Crippen MR) is 60.8 cm³/mol. The van der Waals surface area contributed by atoms with Crippen LogP contribution in [0.5, 0.6) is 5.75 Å². The normalized spacial score (nSPS) is 17.9. The maximum absolute atomic E-state index is 5.92. The summed E-state index contributed by atoms with van der Waals surface area (Å²) in [6.45, 7) is 0.561. The zero-order valence-corrected chi connectivity index (χ0v) is 9.94. The minimum Gasteiger partial charge on any atom is -0.490 e. The van der Waals surface area contributed by atoms with Crippen LogP contribution >= 0.6 is 27.5 Å². The van der Waals surface area contributed by atoms with Crippen LogP contribution in [0.3, 0.4) is 0 Å². The summed E-state index contributed by atoms with van der Waals surface area (Å²) in [4.78, 5) is 0. The first-order valence-corrected chi connectivity index (χ1v) is 5.64. The van der Waals surface area contributed by atoms with Crippen LogP contribution in [0.1, 0.15) is 12.8 Å². The predicted octanol–water partition coefficient (Wildman–Crippen LogP) is 2.97. The SMILES string of the molecule is NC1(COc2cccc(Cl)c2Br)CC1. The van der Waals surface area contributed by atoms with Gasteiger partial charge in [-0.15, -0.1) is 0 Å². The fourth-order valence-electron chi connectivity index (χ4n) is 1.12. The third-order valence-electron chi connectivity index (χ3n) is 2.32. The zero-order chi connectivity index (χ0) is 10.2. The van der Waals surface area contributed by atoms with Crippen molar-refractivity contribution >= 4 is 27.5 Å². The van der Waals surface area contributed by atoms with Gasteiger partial charge in [-0.1, -0.05) is 17.7 Å². The lowest BCUT2D eigenvalue weighted by Crippen LogP contribution is -2.29. The van der Waals surface area contributed by atoms with Crippen LogP contribution in [0.4, 0.5) is 0 Å². The average molecular weight is 277 g/mol. The molecule has 76 valence electrons. The van der Waals surface area contributed by atoms with Crippen LogP contribution in [0.25, 0.3) is 0 Å². The van der Waals surface area contributed by atoms with Crippen molar-refractivity contribution in [3.8, 4) is 5.75 Å². The molecular weight excluding hydrogens is 265 g/mol. The monoisotopic (exact) mass is 275 g/mol. The molecule has 2 nitrogen and oxygen atoms in total. The molecule has 0 aliphatic heterocycles. The quantitative estimate of drug-likeness (QED) is 0.921. The number of hydrogen-bond acceptors (Lipinski definition) is 2. The third-order valence-corrected chi connectivity index (χ3v) is 3.68. The number of nitrogens with two attached hydrogens (primary N) is 1. The molecule has 14 heavy (non-hydrogen) atoms. The Morgan fingerprint density at radius 3 is 2.86 bits per heavy atom. The Kier molecular flexibility index (Phi) is 2.73. The van der Waals surface area contributed by atoms with Crippen LogP contribution in [-0.4, -0.2) is 12.1 Å². The Morgan fingerprint density at radius 2 is 2.21 bits per heavy atom. The van der Waals surface area contributed by atoms with Gasteiger partial charge in [0.25, 0.3) is 0 Å². The molecule has 1 saturated carbocycles. The standard InChI is InChI=1S/C10H11BrClNO/c11-9-7(12)2-1-3-8(9)14-6-10(13)4-5-10/h1-3H,4-6,13H2. The molecule has 2 N–H and O–H groups in total. The van der Waals surface area contributed by atoms with E-state index in [0.717, 1.165) is 23.1 Å². The topological polar surface area (TPSA) is 35.2 Å². The highest BCUT2D eigenvalue weighted by Gasteiger charge is 2.39. The largest absolute Gasteiger partial charge is 0.490 e. The van der Waals surface area contributed by atoms with Crippen molar-refractivity contribution in [3.63, 3.8) is 0 Å². The molecule has 2 rings (SSSR count). The molecule has 1 aromatic carbocycles. The highest BCUT2D eigenvalue weighted by atomic mass is 79.9. The molecule has 1 aromatic rings. The smallest absolute Gasteiger partial charge is 0.135 e. The van der Waals surface area contributed by atoms with E-state index in [4.69, 9.17) is 22.1 Å². The maximum Gasteiger partial charge on any atom is 0.135 e. The zero-order valence-electron chi connectivity index (χ0n) is 7.59. The van der Waals surface area contributed by atoms with E-state index in [1.54, 1.807) is 0 Å². The van der Waals surface area contributed by atoms with E-state index < -0.39 is 0 Å². The van der Waals surface area contributed by atoms with Gasteiger partial charge < -0.3 is 10.5 Å². The fourth-order valence-corrected chi connectivity index (χ4v) is 1.67. The fraction of sp³-hybridized carbons (Fsp3) is 0.400. The van der Waals surface area contributed by atoms with Crippen molar-refractivity contribution in [2.75, 3.05) is 6.61 Å². The number of halogens is 2. The highest BCUT2D eigenvalue weighted by molar-refractivity contribution is 9.10. The van der Waals surface area contributed by atoms with Gasteiger partial charge in [-0.25, -0.2) is 0 Å². The van der Waals surface area contributed by atoms with E-state index in [1.807, 2.05) is 18.2 Å². The summed E-state index contributed by atoms with van der Waals surface area (Å²) in [6.07, 6.45) is 2.09. The number of benzene rings is 1. The lowest BCUT2D eigenvalue weighted by molar-refractivity contribution is 0.278. The summed E-state index contributed by atoms with van der Waals surface area (Å²) in [6, 6.07) is 5.55. The molecule has 0 atom stereocenters. The van der Waals surface area contributed by atoms with Gasteiger partial charge in [0.05, 0.1) is 15.0 Å². The maximum atomic E-state index is 5.92. The van der Waals surface area contributed by atoms with Crippen LogP contribution < -0.4 is 10.5 Å². The Balaban J connectivity index is 2.05. The van der Waals surface area contributed by atoms with E-state index in [9.17, 15) is 0 Å². The van der Waals surface area contributed by atoms with Gasteiger partial charge in [0.2, 0.25) is 0 Å². The molecule has 0 amide bonds. The number of hydrogen-bond donors (Lipinski definition) is 1. The van der Waals surface area contributed by atoms with Crippen molar-refractivity contribution in [3.05, 3.63) is 27.7 Å². The van der Waals surface area contributed by atoms with Gasteiger partial charge in [0.15, 0.2) is 0 Å². The Hall–Kier alpha value is -0.250. The summed E-state index contributed by atoms with van der Waals surface area (Å²) < 4.78 is 6.39. The van der Waals surface area contributed by atoms with Crippen molar-refractivity contribution in [2.45, 2.75) is 18.4 Å². The Bertz CT molecular complexity index is 352. The molecule has 0 aromatic heterocycles. The number of ether oxygens (including phenoxy) is 1. The van der Waals surface area contributed by atoms with Gasteiger partial charge in [-0.2, -0.15) is 0 Å². The molecule has 1 fully saturated rings. The van der Waals surface area contributed by atoms with E-state index in [2.05, 4.69) is 15.9 Å². The molecule has 0 bridgehead atoms. The van der Waals surface area contributed by atoms with Gasteiger partial charge in [-0.3, -0.25) is 0 Å². The van der Waals surface area contributed by atoms with E-state index >= 15 is 0 Å². The lowest BCUT2D eigenvalue weighted by atomic mass is 10.3. The van der Waals surface area contributed by atoms with Crippen molar-refractivity contribution in [1.29, 1.82) is 0 Å². The van der Waals surface area contributed by atoms with Crippen LogP contribution in [0.2, 0.25) is 5.02 Å². The van der Waals surface area contributed by atoms with Crippen molar-refractivity contribution in [1.82, 2.24) is 0 Å². The van der Waals surface area contributed by atoms with Crippen LogP contribution in [0.15, 0.2) is 22.7 Å². The molecule has 0 radical (unpaired) electrons. The molecule has 0 unspecified atom stereocenters. The van der Waals surface area contributed by atoms with Crippen molar-refractivity contribution in [2.24, 2.45) is 5.73 Å². The minimum absolute atomic E-state index is 0.0955. The van der Waals surface area contributed by atoms with Gasteiger partial charge in [0.1, 0.15) is 12.4 Å². The Labute approximate surface area is 96.5 Å². The Morgan fingerprint density at radius 1 is 1.50 bits per heavy atom. The van der Waals surface area contributed by atoms with Crippen LogP contribution in [-0.2, 0) is 0 Å². The molecule has 0 saturated heterocycles. The van der Waals surface area contributed by atoms with E-state index in [-0.39, 0.29) is 5.54 Å². The first kappa shape index (κ1) is 10.3. The highest BCUT2D eigenvalue weighted by Crippen LogP contribution is 2.36.